The molecular weight excluding hydrogens is 429 g/mol. The molecule has 1 atom stereocenters. The van der Waals surface area contributed by atoms with E-state index in [1.54, 1.807) is 17.5 Å². The van der Waals surface area contributed by atoms with E-state index in [2.05, 4.69) is 32.0 Å². The Kier molecular flexibility index (Phi) is 7.20. The number of pyridine rings is 1. The summed E-state index contributed by atoms with van der Waals surface area (Å²) >= 11 is 1.60. The lowest BCUT2D eigenvalue weighted by atomic mass is 10.0. The second-order valence-electron chi connectivity index (χ2n) is 8.67. The van der Waals surface area contributed by atoms with Crippen LogP contribution in [-0.2, 0) is 11.3 Å². The maximum Gasteiger partial charge on any atom is 0.140 e. The molecule has 1 saturated heterocycles. The molecule has 2 aromatic heterocycles. The molecule has 0 spiro atoms. The minimum Gasteiger partial charge on any atom is -0.387 e. The van der Waals surface area contributed by atoms with Crippen molar-refractivity contribution in [3.05, 3.63) is 41.5 Å². The molecule has 1 aromatic carbocycles. The van der Waals surface area contributed by atoms with Gasteiger partial charge in [0.05, 0.1) is 21.3 Å². The van der Waals surface area contributed by atoms with Crippen molar-refractivity contribution in [1.82, 2.24) is 15.3 Å². The Hall–Kier alpha value is -2.33. The van der Waals surface area contributed by atoms with Gasteiger partial charge < -0.3 is 25.8 Å². The summed E-state index contributed by atoms with van der Waals surface area (Å²) in [7, 11) is 0. The normalized spacial score (nSPS) is 16.2. The van der Waals surface area contributed by atoms with Gasteiger partial charge in [0.15, 0.2) is 0 Å². The highest BCUT2D eigenvalue weighted by Crippen LogP contribution is 2.27. The van der Waals surface area contributed by atoms with Gasteiger partial charge in [-0.3, -0.25) is 0 Å². The first-order chi connectivity index (χ1) is 15.4. The number of ether oxygens (including phenoxy) is 1. The molecule has 4 rings (SSSR count). The fourth-order valence-electron chi connectivity index (χ4n) is 3.55. The first-order valence-corrected chi connectivity index (χ1v) is 11.8. The highest BCUT2D eigenvalue weighted by molar-refractivity contribution is 7.16. The molecule has 7 nitrogen and oxygen atoms in total. The zero-order chi connectivity index (χ0) is 22.6. The molecule has 3 aromatic rings. The zero-order valence-corrected chi connectivity index (χ0v) is 19.2. The highest BCUT2D eigenvalue weighted by Gasteiger charge is 2.26. The van der Waals surface area contributed by atoms with Gasteiger partial charge in [-0.1, -0.05) is 0 Å². The smallest absolute Gasteiger partial charge is 0.140 e. The van der Waals surface area contributed by atoms with Crippen LogP contribution in [0.25, 0.3) is 10.2 Å². The van der Waals surface area contributed by atoms with E-state index in [9.17, 15) is 9.50 Å². The second-order valence-corrected chi connectivity index (χ2v) is 9.56. The molecule has 3 heterocycles. The molecule has 9 heteroatoms. The van der Waals surface area contributed by atoms with Crippen LogP contribution in [-0.4, -0.2) is 52.6 Å². The Bertz CT molecular complexity index is 1030. The summed E-state index contributed by atoms with van der Waals surface area (Å²) in [5, 5.41) is 19.9. The lowest BCUT2D eigenvalue weighted by molar-refractivity contribution is -0.00238. The average molecular weight is 460 g/mol. The van der Waals surface area contributed by atoms with Gasteiger partial charge in [-0.25, -0.2) is 14.4 Å². The van der Waals surface area contributed by atoms with E-state index in [0.717, 1.165) is 59.0 Å². The quantitative estimate of drug-likeness (QED) is 0.381. The standard InChI is InChI=1S/C23H30FN5O2S/c1-23(2,30)21(24)13-25-11-15-12-26-22(10-19(15)28-16-5-7-31-8-6-16)29-17-3-4-18-20(9-17)32-14-27-18/h3-4,9-10,12,14,16,21,25,30H,5-8,11,13H2,1-2H3,(H2,26,28,29). The number of thiazole rings is 1. The predicted octanol–water partition coefficient (Wildman–Crippen LogP) is 4.22. The molecule has 0 aliphatic carbocycles. The van der Waals surface area contributed by atoms with Crippen LogP contribution < -0.4 is 16.0 Å². The molecule has 1 aliphatic rings. The second kappa shape index (κ2) is 10.1. The van der Waals surface area contributed by atoms with Gasteiger partial charge >= 0.3 is 0 Å². The molecule has 1 aliphatic heterocycles. The molecule has 0 saturated carbocycles. The summed E-state index contributed by atoms with van der Waals surface area (Å²) in [5.41, 5.74) is 4.30. The van der Waals surface area contributed by atoms with Gasteiger partial charge in [0.1, 0.15) is 12.0 Å². The van der Waals surface area contributed by atoms with Crippen molar-refractivity contribution in [2.24, 2.45) is 0 Å². The van der Waals surface area contributed by atoms with E-state index in [1.807, 2.05) is 23.7 Å². The minimum atomic E-state index is -1.37. The number of halogens is 1. The van der Waals surface area contributed by atoms with Gasteiger partial charge in [0.25, 0.3) is 0 Å². The maximum absolute atomic E-state index is 14.1. The van der Waals surface area contributed by atoms with Crippen molar-refractivity contribution >= 4 is 38.7 Å². The summed E-state index contributed by atoms with van der Waals surface area (Å²) in [6, 6.07) is 8.35. The van der Waals surface area contributed by atoms with E-state index >= 15 is 0 Å². The number of fused-ring (bicyclic) bond motifs is 1. The molecule has 0 radical (unpaired) electrons. The largest absolute Gasteiger partial charge is 0.387 e. The summed E-state index contributed by atoms with van der Waals surface area (Å²) in [6.07, 6.45) is 2.32. The summed E-state index contributed by atoms with van der Waals surface area (Å²) < 4.78 is 20.7. The van der Waals surface area contributed by atoms with Crippen molar-refractivity contribution in [3.63, 3.8) is 0 Å². The molecule has 4 N–H and O–H groups in total. The van der Waals surface area contributed by atoms with Gasteiger partial charge in [-0.2, -0.15) is 0 Å². The van der Waals surface area contributed by atoms with Gasteiger partial charge in [-0.05, 0) is 44.9 Å². The zero-order valence-electron chi connectivity index (χ0n) is 18.4. The Morgan fingerprint density at radius 3 is 2.84 bits per heavy atom. The first kappa shape index (κ1) is 22.8. The van der Waals surface area contributed by atoms with Crippen LogP contribution in [0, 0.1) is 0 Å². The lowest BCUT2D eigenvalue weighted by Crippen LogP contribution is -2.40. The van der Waals surface area contributed by atoms with E-state index in [0.29, 0.717) is 12.6 Å². The summed E-state index contributed by atoms with van der Waals surface area (Å²) in [4.78, 5) is 8.89. The van der Waals surface area contributed by atoms with E-state index in [4.69, 9.17) is 4.74 Å². The summed E-state index contributed by atoms with van der Waals surface area (Å²) in [6.45, 7) is 4.94. The lowest BCUT2D eigenvalue weighted by Gasteiger charge is -2.26. The number of aliphatic hydroxyl groups is 1. The number of benzene rings is 1. The van der Waals surface area contributed by atoms with Crippen LogP contribution in [0.15, 0.2) is 36.0 Å². The Labute approximate surface area is 191 Å². The predicted molar refractivity (Wildman–Crippen MR) is 128 cm³/mol. The van der Waals surface area contributed by atoms with Crippen LogP contribution in [0.1, 0.15) is 32.3 Å². The SMILES string of the molecule is CC(C)(O)C(F)CNCc1cnc(Nc2ccc3ncsc3c2)cc1NC1CCOCC1. The van der Waals surface area contributed by atoms with Crippen LogP contribution in [0.5, 0.6) is 0 Å². The van der Waals surface area contributed by atoms with E-state index < -0.39 is 11.8 Å². The molecule has 1 unspecified atom stereocenters. The fourth-order valence-corrected chi connectivity index (χ4v) is 4.27. The van der Waals surface area contributed by atoms with Crippen molar-refractivity contribution in [3.8, 4) is 0 Å². The number of rotatable bonds is 9. The maximum atomic E-state index is 14.1. The molecular formula is C23H30FN5O2S. The van der Waals surface area contributed by atoms with Gasteiger partial charge in [0, 0.05) is 61.5 Å². The summed E-state index contributed by atoms with van der Waals surface area (Å²) in [5.74, 6) is 0.729. The van der Waals surface area contributed by atoms with E-state index in [1.165, 1.54) is 13.8 Å². The van der Waals surface area contributed by atoms with Crippen LogP contribution in [0.3, 0.4) is 0 Å². The number of aromatic nitrogens is 2. The van der Waals surface area contributed by atoms with Gasteiger partial charge in [-0.15, -0.1) is 11.3 Å². The first-order valence-electron chi connectivity index (χ1n) is 10.9. The monoisotopic (exact) mass is 459 g/mol. The number of alkyl halides is 1. The number of nitrogens with one attached hydrogen (secondary N) is 3. The van der Waals surface area contributed by atoms with Crippen molar-refractivity contribution in [1.29, 1.82) is 0 Å². The molecule has 0 bridgehead atoms. The molecule has 1 fully saturated rings. The number of anilines is 3. The van der Waals surface area contributed by atoms with Crippen molar-refractivity contribution < 1.29 is 14.2 Å². The molecule has 0 amide bonds. The Balaban J connectivity index is 1.49. The van der Waals surface area contributed by atoms with Crippen LogP contribution >= 0.6 is 11.3 Å². The van der Waals surface area contributed by atoms with Crippen LogP contribution in [0.4, 0.5) is 21.6 Å². The third-order valence-electron chi connectivity index (χ3n) is 5.58. The number of nitrogens with zero attached hydrogens (tertiary/aromatic N) is 2. The van der Waals surface area contributed by atoms with Crippen LogP contribution in [0.2, 0.25) is 0 Å². The molecule has 32 heavy (non-hydrogen) atoms. The van der Waals surface area contributed by atoms with E-state index in [-0.39, 0.29) is 6.54 Å². The van der Waals surface area contributed by atoms with Gasteiger partial charge in [0.2, 0.25) is 0 Å². The number of hydrogen-bond acceptors (Lipinski definition) is 8. The fraction of sp³-hybridized carbons (Fsp3) is 0.478. The Morgan fingerprint density at radius 2 is 2.06 bits per heavy atom. The van der Waals surface area contributed by atoms with Crippen molar-refractivity contribution in [2.75, 3.05) is 30.4 Å². The number of hydrogen-bond donors (Lipinski definition) is 4. The average Bonchev–Trinajstić information content (AvgIpc) is 3.23. The molecule has 172 valence electrons. The minimum absolute atomic E-state index is 0.0646. The third-order valence-corrected chi connectivity index (χ3v) is 6.37. The van der Waals surface area contributed by atoms with Crippen molar-refractivity contribution in [2.45, 2.75) is 51.0 Å². The highest BCUT2D eigenvalue weighted by atomic mass is 32.1. The Morgan fingerprint density at radius 1 is 1.25 bits per heavy atom. The third kappa shape index (κ3) is 5.92. The topological polar surface area (TPSA) is 91.3 Å².